The van der Waals surface area contributed by atoms with Crippen LogP contribution < -0.4 is 16.0 Å². The van der Waals surface area contributed by atoms with Gasteiger partial charge in [0.15, 0.2) is 0 Å². The van der Waals surface area contributed by atoms with E-state index in [1.165, 1.54) is 0 Å². The lowest BCUT2D eigenvalue weighted by Gasteiger charge is -2.21. The van der Waals surface area contributed by atoms with E-state index in [1.807, 2.05) is 41.7 Å². The minimum Gasteiger partial charge on any atom is -0.373 e. The van der Waals surface area contributed by atoms with Gasteiger partial charge in [0.05, 0.1) is 6.54 Å². The molecule has 0 aliphatic heterocycles. The van der Waals surface area contributed by atoms with Gasteiger partial charge in [0.2, 0.25) is 5.91 Å². The lowest BCUT2D eigenvalue weighted by molar-refractivity contribution is -0.120. The number of carbonyl (C=O) groups excluding carboxylic acids is 1. The summed E-state index contributed by atoms with van der Waals surface area (Å²) in [6, 6.07) is 0. The van der Waals surface area contributed by atoms with Crippen molar-refractivity contribution in [2.75, 3.05) is 24.2 Å². The maximum absolute atomic E-state index is 11.8. The number of hydrogen-bond donors (Lipinski definition) is 3. The van der Waals surface area contributed by atoms with Gasteiger partial charge in [0.25, 0.3) is 0 Å². The van der Waals surface area contributed by atoms with E-state index in [0.29, 0.717) is 11.6 Å². The predicted molar refractivity (Wildman–Crippen MR) is 77.4 cm³/mol. The third-order valence-corrected chi connectivity index (χ3v) is 2.43. The summed E-state index contributed by atoms with van der Waals surface area (Å²) in [5.74, 6) is 2.05. The van der Waals surface area contributed by atoms with Crippen molar-refractivity contribution in [2.24, 2.45) is 0 Å². The molecule has 0 aliphatic rings. The maximum atomic E-state index is 11.8. The van der Waals surface area contributed by atoms with E-state index >= 15 is 0 Å². The molecule has 6 heteroatoms. The van der Waals surface area contributed by atoms with Gasteiger partial charge >= 0.3 is 0 Å². The first-order valence-corrected chi connectivity index (χ1v) is 6.31. The van der Waals surface area contributed by atoms with Crippen molar-refractivity contribution in [3.05, 3.63) is 11.4 Å². The average Bonchev–Trinajstić information content (AvgIpc) is 2.27. The van der Waals surface area contributed by atoms with Gasteiger partial charge in [-0.3, -0.25) is 4.79 Å². The van der Waals surface area contributed by atoms with E-state index < -0.39 is 0 Å². The molecule has 1 rings (SSSR count). The second-order valence-electron chi connectivity index (χ2n) is 5.49. The SMILES string of the molecule is CNc1nc(C)nc(NCC(=O)NC(C)(C)C)c1C. The van der Waals surface area contributed by atoms with Crippen molar-refractivity contribution in [1.82, 2.24) is 15.3 Å². The van der Waals surface area contributed by atoms with Gasteiger partial charge in [0.1, 0.15) is 17.5 Å². The Kier molecular flexibility index (Phi) is 4.69. The summed E-state index contributed by atoms with van der Waals surface area (Å²) < 4.78 is 0. The molecule has 0 unspecified atom stereocenters. The Morgan fingerprint density at radius 2 is 1.74 bits per heavy atom. The summed E-state index contributed by atoms with van der Waals surface area (Å²) in [4.78, 5) is 20.3. The minimum atomic E-state index is -0.231. The van der Waals surface area contributed by atoms with Crippen LogP contribution in [0.25, 0.3) is 0 Å². The fourth-order valence-corrected chi connectivity index (χ4v) is 1.67. The summed E-state index contributed by atoms with van der Waals surface area (Å²) in [5.41, 5.74) is 0.669. The Morgan fingerprint density at radius 1 is 1.16 bits per heavy atom. The van der Waals surface area contributed by atoms with Gasteiger partial charge in [-0.1, -0.05) is 0 Å². The summed E-state index contributed by atoms with van der Waals surface area (Å²) >= 11 is 0. The lowest BCUT2D eigenvalue weighted by Crippen LogP contribution is -2.43. The predicted octanol–water partition coefficient (Wildman–Crippen LogP) is 1.46. The van der Waals surface area contributed by atoms with Crippen LogP contribution in [0, 0.1) is 13.8 Å². The Morgan fingerprint density at radius 3 is 2.26 bits per heavy atom. The molecular weight excluding hydrogens is 242 g/mol. The number of rotatable bonds is 4. The maximum Gasteiger partial charge on any atom is 0.239 e. The molecule has 3 N–H and O–H groups in total. The Bertz CT molecular complexity index is 465. The van der Waals surface area contributed by atoms with Gasteiger partial charge in [-0.2, -0.15) is 0 Å². The van der Waals surface area contributed by atoms with Crippen LogP contribution in [0.4, 0.5) is 11.6 Å². The molecule has 1 heterocycles. The largest absolute Gasteiger partial charge is 0.373 e. The van der Waals surface area contributed by atoms with Crippen molar-refractivity contribution < 1.29 is 4.79 Å². The number of aryl methyl sites for hydroxylation is 1. The first-order valence-electron chi connectivity index (χ1n) is 6.31. The Labute approximate surface area is 114 Å². The zero-order valence-corrected chi connectivity index (χ0v) is 12.5. The molecule has 1 aromatic rings. The molecule has 0 bridgehead atoms. The summed E-state index contributed by atoms with van der Waals surface area (Å²) in [5, 5.41) is 8.95. The van der Waals surface area contributed by atoms with Gasteiger partial charge < -0.3 is 16.0 Å². The first kappa shape index (κ1) is 15.2. The van der Waals surface area contributed by atoms with Crippen molar-refractivity contribution >= 4 is 17.5 Å². The molecule has 106 valence electrons. The molecular formula is C13H23N5O. The summed E-state index contributed by atoms with van der Waals surface area (Å²) in [7, 11) is 1.81. The van der Waals surface area contributed by atoms with E-state index in [-0.39, 0.29) is 18.0 Å². The van der Waals surface area contributed by atoms with E-state index in [1.54, 1.807) is 0 Å². The van der Waals surface area contributed by atoms with Crippen LogP contribution in [0.15, 0.2) is 0 Å². The van der Waals surface area contributed by atoms with E-state index in [4.69, 9.17) is 0 Å². The molecule has 1 aromatic heterocycles. The quantitative estimate of drug-likeness (QED) is 0.768. The normalized spacial score (nSPS) is 11.1. The standard InChI is InChI=1S/C13H23N5O/c1-8-11(14-6)16-9(2)17-12(8)15-7-10(19)18-13(3,4)5/h7H2,1-6H3,(H,18,19)(H2,14,15,16,17). The van der Waals surface area contributed by atoms with Crippen LogP contribution in [0.2, 0.25) is 0 Å². The van der Waals surface area contributed by atoms with Gasteiger partial charge in [-0.15, -0.1) is 0 Å². The van der Waals surface area contributed by atoms with Crippen LogP contribution in [0.3, 0.4) is 0 Å². The highest BCUT2D eigenvalue weighted by Crippen LogP contribution is 2.18. The molecule has 0 aliphatic carbocycles. The molecule has 19 heavy (non-hydrogen) atoms. The lowest BCUT2D eigenvalue weighted by atomic mass is 10.1. The van der Waals surface area contributed by atoms with E-state index in [2.05, 4.69) is 25.9 Å². The van der Waals surface area contributed by atoms with Crippen LogP contribution in [-0.2, 0) is 4.79 Å². The fourth-order valence-electron chi connectivity index (χ4n) is 1.67. The molecule has 0 saturated carbocycles. The highest BCUT2D eigenvalue weighted by Gasteiger charge is 2.14. The van der Waals surface area contributed by atoms with Crippen molar-refractivity contribution in [1.29, 1.82) is 0 Å². The summed E-state index contributed by atoms with van der Waals surface area (Å²) in [6.45, 7) is 9.77. The minimum absolute atomic E-state index is 0.0610. The number of amides is 1. The van der Waals surface area contributed by atoms with Crippen LogP contribution in [0.5, 0.6) is 0 Å². The van der Waals surface area contributed by atoms with Gasteiger partial charge in [-0.25, -0.2) is 9.97 Å². The molecule has 0 radical (unpaired) electrons. The molecule has 0 aromatic carbocycles. The van der Waals surface area contributed by atoms with Gasteiger partial charge in [-0.05, 0) is 34.6 Å². The summed E-state index contributed by atoms with van der Waals surface area (Å²) in [6.07, 6.45) is 0. The number of nitrogens with zero attached hydrogens (tertiary/aromatic N) is 2. The molecule has 0 fully saturated rings. The number of carbonyl (C=O) groups is 1. The van der Waals surface area contributed by atoms with E-state index in [0.717, 1.165) is 11.4 Å². The number of nitrogens with one attached hydrogen (secondary N) is 3. The topological polar surface area (TPSA) is 78.9 Å². The molecule has 6 nitrogen and oxygen atoms in total. The van der Waals surface area contributed by atoms with E-state index in [9.17, 15) is 4.79 Å². The molecule has 0 spiro atoms. The highest BCUT2D eigenvalue weighted by molar-refractivity contribution is 5.81. The number of anilines is 2. The molecule has 0 saturated heterocycles. The third kappa shape index (κ3) is 4.73. The second-order valence-corrected chi connectivity index (χ2v) is 5.49. The van der Waals surface area contributed by atoms with Crippen LogP contribution in [0.1, 0.15) is 32.2 Å². The van der Waals surface area contributed by atoms with Crippen LogP contribution in [-0.4, -0.2) is 35.0 Å². The monoisotopic (exact) mass is 265 g/mol. The average molecular weight is 265 g/mol. The number of aromatic nitrogens is 2. The van der Waals surface area contributed by atoms with Gasteiger partial charge in [0, 0.05) is 18.2 Å². The Hall–Kier alpha value is -1.85. The fraction of sp³-hybridized carbons (Fsp3) is 0.615. The second kappa shape index (κ2) is 5.86. The first-order chi connectivity index (χ1) is 8.73. The van der Waals surface area contributed by atoms with Crippen molar-refractivity contribution in [2.45, 2.75) is 40.2 Å². The van der Waals surface area contributed by atoms with Crippen molar-refractivity contribution in [3.8, 4) is 0 Å². The number of hydrogen-bond acceptors (Lipinski definition) is 5. The Balaban J connectivity index is 2.73. The zero-order chi connectivity index (χ0) is 14.6. The zero-order valence-electron chi connectivity index (χ0n) is 12.5. The van der Waals surface area contributed by atoms with Crippen molar-refractivity contribution in [3.63, 3.8) is 0 Å². The highest BCUT2D eigenvalue weighted by atomic mass is 16.2. The third-order valence-electron chi connectivity index (χ3n) is 2.43. The van der Waals surface area contributed by atoms with Crippen LogP contribution >= 0.6 is 0 Å². The molecule has 0 atom stereocenters. The smallest absolute Gasteiger partial charge is 0.239 e. The molecule has 1 amide bonds.